The van der Waals surface area contributed by atoms with E-state index < -0.39 is 5.54 Å². The molecule has 4 heteroatoms. The van der Waals surface area contributed by atoms with Gasteiger partial charge in [-0.05, 0) is 19.3 Å². The van der Waals surface area contributed by atoms with E-state index in [9.17, 15) is 4.79 Å². The summed E-state index contributed by atoms with van der Waals surface area (Å²) in [6.45, 7) is 1.52. The smallest absolute Gasteiger partial charge is 0.242 e. The number of carbonyl (C=O) groups excluding carboxylic acids is 1. The van der Waals surface area contributed by atoms with E-state index in [-0.39, 0.29) is 12.0 Å². The van der Waals surface area contributed by atoms with Gasteiger partial charge in [-0.3, -0.25) is 4.79 Å². The Kier molecular flexibility index (Phi) is 3.50. The Balaban J connectivity index is 1.96. The first-order valence-electron chi connectivity index (χ1n) is 6.27. The van der Waals surface area contributed by atoms with Crippen LogP contribution in [-0.2, 0) is 9.53 Å². The van der Waals surface area contributed by atoms with Crippen LogP contribution in [0.2, 0.25) is 0 Å². The van der Waals surface area contributed by atoms with Crippen molar-refractivity contribution in [3.63, 3.8) is 0 Å². The van der Waals surface area contributed by atoms with Crippen LogP contribution in [0.15, 0.2) is 0 Å². The van der Waals surface area contributed by atoms with Gasteiger partial charge in [0.1, 0.15) is 0 Å². The molecule has 0 aromatic carbocycles. The van der Waals surface area contributed by atoms with Gasteiger partial charge in [-0.25, -0.2) is 0 Å². The van der Waals surface area contributed by atoms with Crippen molar-refractivity contribution in [2.24, 2.45) is 5.73 Å². The number of nitrogens with two attached hydrogens (primary N) is 1. The minimum Gasteiger partial charge on any atom is -0.380 e. The molecular formula is C12H22N2O2. The number of nitrogens with zero attached hydrogens (tertiary/aromatic N) is 1. The van der Waals surface area contributed by atoms with Gasteiger partial charge >= 0.3 is 0 Å². The molecule has 2 fully saturated rings. The lowest BCUT2D eigenvalue weighted by Crippen LogP contribution is -2.55. The Morgan fingerprint density at radius 2 is 2.06 bits per heavy atom. The number of amides is 1. The first-order valence-corrected chi connectivity index (χ1v) is 6.27. The Morgan fingerprint density at radius 3 is 2.62 bits per heavy atom. The van der Waals surface area contributed by atoms with Crippen molar-refractivity contribution in [2.45, 2.75) is 50.2 Å². The van der Waals surface area contributed by atoms with Gasteiger partial charge in [-0.1, -0.05) is 19.3 Å². The van der Waals surface area contributed by atoms with Crippen LogP contribution in [0.3, 0.4) is 0 Å². The van der Waals surface area contributed by atoms with Crippen LogP contribution in [0, 0.1) is 0 Å². The van der Waals surface area contributed by atoms with Gasteiger partial charge in [0, 0.05) is 20.2 Å². The van der Waals surface area contributed by atoms with E-state index >= 15 is 0 Å². The maximum atomic E-state index is 12.3. The molecule has 16 heavy (non-hydrogen) atoms. The highest BCUT2D eigenvalue weighted by atomic mass is 16.5. The molecule has 4 nitrogen and oxygen atoms in total. The molecule has 0 bridgehead atoms. The van der Waals surface area contributed by atoms with Crippen LogP contribution >= 0.6 is 0 Å². The Labute approximate surface area is 97.1 Å². The molecule has 1 unspecified atom stereocenters. The highest BCUT2D eigenvalue weighted by molar-refractivity contribution is 5.86. The molecule has 2 N–H and O–H groups in total. The lowest BCUT2D eigenvalue weighted by molar-refractivity contribution is -0.137. The average molecular weight is 226 g/mol. The molecule has 0 spiro atoms. The van der Waals surface area contributed by atoms with Gasteiger partial charge in [0.15, 0.2) is 0 Å². The highest BCUT2D eigenvalue weighted by Gasteiger charge is 2.40. The summed E-state index contributed by atoms with van der Waals surface area (Å²) >= 11 is 0. The molecule has 1 atom stereocenters. The van der Waals surface area contributed by atoms with E-state index in [1.807, 2.05) is 4.90 Å². The van der Waals surface area contributed by atoms with Crippen molar-refractivity contribution in [2.75, 3.05) is 20.2 Å². The fraction of sp³-hybridized carbons (Fsp3) is 0.917. The summed E-state index contributed by atoms with van der Waals surface area (Å²) in [6.07, 6.45) is 6.23. The zero-order chi connectivity index (χ0) is 11.6. The zero-order valence-electron chi connectivity index (χ0n) is 10.1. The van der Waals surface area contributed by atoms with Crippen LogP contribution in [0.4, 0.5) is 0 Å². The molecule has 0 aromatic heterocycles. The summed E-state index contributed by atoms with van der Waals surface area (Å²) in [5, 5.41) is 0. The largest absolute Gasteiger partial charge is 0.380 e. The number of likely N-dealkylation sites (tertiary alicyclic amines) is 1. The molecule has 1 aliphatic heterocycles. The molecule has 1 saturated heterocycles. The molecular weight excluding hydrogens is 204 g/mol. The van der Waals surface area contributed by atoms with Gasteiger partial charge in [0.05, 0.1) is 11.6 Å². The number of carbonyl (C=O) groups is 1. The maximum Gasteiger partial charge on any atom is 0.242 e. The van der Waals surface area contributed by atoms with Crippen molar-refractivity contribution in [1.29, 1.82) is 0 Å². The van der Waals surface area contributed by atoms with Gasteiger partial charge < -0.3 is 15.4 Å². The first kappa shape index (κ1) is 11.9. The fourth-order valence-electron chi connectivity index (χ4n) is 2.82. The monoisotopic (exact) mass is 226 g/mol. The van der Waals surface area contributed by atoms with Crippen LogP contribution in [0.5, 0.6) is 0 Å². The van der Waals surface area contributed by atoms with E-state index in [1.165, 1.54) is 6.42 Å². The Bertz CT molecular complexity index is 262. The third-order valence-electron chi connectivity index (χ3n) is 3.94. The van der Waals surface area contributed by atoms with E-state index in [1.54, 1.807) is 7.11 Å². The zero-order valence-corrected chi connectivity index (χ0v) is 10.1. The molecule has 0 radical (unpaired) electrons. The van der Waals surface area contributed by atoms with Crippen LogP contribution in [0.1, 0.15) is 38.5 Å². The molecule has 92 valence electrons. The number of ether oxygens (including phenoxy) is 1. The van der Waals surface area contributed by atoms with E-state index in [2.05, 4.69) is 0 Å². The number of hydrogen-bond donors (Lipinski definition) is 1. The summed E-state index contributed by atoms with van der Waals surface area (Å²) in [5.74, 6) is 0.145. The highest BCUT2D eigenvalue weighted by Crippen LogP contribution is 2.29. The predicted molar refractivity (Wildman–Crippen MR) is 62.0 cm³/mol. The minimum atomic E-state index is -0.582. The quantitative estimate of drug-likeness (QED) is 0.761. The first-order chi connectivity index (χ1) is 7.65. The maximum absolute atomic E-state index is 12.3. The van der Waals surface area contributed by atoms with Crippen molar-refractivity contribution < 1.29 is 9.53 Å². The summed E-state index contributed by atoms with van der Waals surface area (Å²) in [4.78, 5) is 14.2. The second-order valence-corrected chi connectivity index (χ2v) is 5.11. The average Bonchev–Trinajstić information content (AvgIpc) is 2.77. The van der Waals surface area contributed by atoms with Crippen LogP contribution in [0.25, 0.3) is 0 Å². The van der Waals surface area contributed by atoms with Crippen molar-refractivity contribution in [3.8, 4) is 0 Å². The summed E-state index contributed by atoms with van der Waals surface area (Å²) in [5.41, 5.74) is 5.65. The van der Waals surface area contributed by atoms with Gasteiger partial charge in [-0.15, -0.1) is 0 Å². The minimum absolute atomic E-state index is 0.145. The van der Waals surface area contributed by atoms with E-state index in [0.717, 1.165) is 38.6 Å². The van der Waals surface area contributed by atoms with Crippen molar-refractivity contribution >= 4 is 5.91 Å². The number of methoxy groups -OCH3 is 1. The molecule has 2 rings (SSSR count). The summed E-state index contributed by atoms with van der Waals surface area (Å²) < 4.78 is 5.28. The molecule has 2 aliphatic rings. The second-order valence-electron chi connectivity index (χ2n) is 5.11. The topological polar surface area (TPSA) is 55.6 Å². The normalized spacial score (nSPS) is 29.4. The number of hydrogen-bond acceptors (Lipinski definition) is 3. The third kappa shape index (κ3) is 2.23. The standard InChI is InChI=1S/C12H22N2O2/c1-16-10-5-8-14(9-10)11(15)12(13)6-3-2-4-7-12/h10H,2-9,13H2,1H3. The van der Waals surface area contributed by atoms with Crippen molar-refractivity contribution in [3.05, 3.63) is 0 Å². The lowest BCUT2D eigenvalue weighted by Gasteiger charge is -2.35. The van der Waals surface area contributed by atoms with Crippen LogP contribution in [-0.4, -0.2) is 42.6 Å². The summed E-state index contributed by atoms with van der Waals surface area (Å²) in [7, 11) is 1.71. The molecule has 1 saturated carbocycles. The second kappa shape index (κ2) is 4.72. The lowest BCUT2D eigenvalue weighted by atomic mass is 9.81. The molecule has 1 amide bonds. The molecule has 1 aliphatic carbocycles. The SMILES string of the molecule is COC1CCN(C(=O)C2(N)CCCCC2)C1. The predicted octanol–water partition coefficient (Wildman–Crippen LogP) is 0.895. The third-order valence-corrected chi connectivity index (χ3v) is 3.94. The molecule has 1 heterocycles. The van der Waals surface area contributed by atoms with E-state index in [0.29, 0.717) is 6.54 Å². The fourth-order valence-corrected chi connectivity index (χ4v) is 2.82. The summed E-state index contributed by atoms with van der Waals surface area (Å²) in [6, 6.07) is 0. The van der Waals surface area contributed by atoms with Crippen molar-refractivity contribution in [1.82, 2.24) is 4.90 Å². The van der Waals surface area contributed by atoms with Gasteiger partial charge in [0.2, 0.25) is 5.91 Å². The van der Waals surface area contributed by atoms with E-state index in [4.69, 9.17) is 10.5 Å². The van der Waals surface area contributed by atoms with Gasteiger partial charge in [0.25, 0.3) is 0 Å². The number of rotatable bonds is 2. The Hall–Kier alpha value is -0.610. The van der Waals surface area contributed by atoms with Crippen LogP contribution < -0.4 is 5.73 Å². The Morgan fingerprint density at radius 1 is 1.38 bits per heavy atom. The molecule has 0 aromatic rings. The van der Waals surface area contributed by atoms with Gasteiger partial charge in [-0.2, -0.15) is 0 Å².